The predicted octanol–water partition coefficient (Wildman–Crippen LogP) is 7.25. The minimum absolute atomic E-state index is 0.237. The van der Waals surface area contributed by atoms with Crippen molar-refractivity contribution in [1.82, 2.24) is 15.2 Å². The van der Waals surface area contributed by atoms with Gasteiger partial charge in [-0.05, 0) is 112 Å². The maximum atomic E-state index is 13.4. The number of nitrogens with zero attached hydrogens (tertiary/aromatic N) is 1. The second-order valence-electron chi connectivity index (χ2n) is 11.4. The fourth-order valence-electron chi connectivity index (χ4n) is 5.67. The monoisotopic (exact) mass is 576 g/mol. The molecule has 2 heterocycles. The summed E-state index contributed by atoms with van der Waals surface area (Å²) < 4.78 is 0. The summed E-state index contributed by atoms with van der Waals surface area (Å²) in [7, 11) is 0. The Labute approximate surface area is 247 Å². The largest absolute Gasteiger partial charge is 0.398 e. The normalized spacial score (nSPS) is 17.6. The van der Waals surface area contributed by atoms with Crippen LogP contribution in [0, 0.1) is 19.8 Å². The molecule has 1 saturated carbocycles. The molecule has 5 nitrogen and oxygen atoms in total. The second-order valence-corrected chi connectivity index (χ2v) is 12.8. The maximum Gasteiger partial charge on any atom is 0.227 e. The average molecular weight is 577 g/mol. The SMILES string of the molecule is C/C(=C\c1[nH]c(C)c(CC(=O)N2CCCC2CNCC2CC2)c1C)c1cc(SCc2ccccc2Cl)ccc1N. The van der Waals surface area contributed by atoms with Crippen molar-refractivity contribution in [3.8, 4) is 0 Å². The highest BCUT2D eigenvalue weighted by molar-refractivity contribution is 7.98. The molecule has 2 aliphatic rings. The topological polar surface area (TPSA) is 74.2 Å². The fourth-order valence-corrected chi connectivity index (χ4v) is 6.89. The Morgan fingerprint density at radius 3 is 2.75 bits per heavy atom. The Morgan fingerprint density at radius 2 is 1.98 bits per heavy atom. The van der Waals surface area contributed by atoms with E-state index in [2.05, 4.69) is 60.2 Å². The summed E-state index contributed by atoms with van der Waals surface area (Å²) in [6, 6.07) is 14.5. The number of nitrogens with two attached hydrogens (primary N) is 1. The number of hydrogen-bond donors (Lipinski definition) is 3. The first kappa shape index (κ1) is 28.8. The number of likely N-dealkylation sites (tertiary alicyclic amines) is 1. The molecular formula is C33H41ClN4OS. The first-order valence-electron chi connectivity index (χ1n) is 14.4. The number of thioether (sulfide) groups is 1. The summed E-state index contributed by atoms with van der Waals surface area (Å²) in [6.45, 7) is 9.16. The number of amides is 1. The van der Waals surface area contributed by atoms with Crippen LogP contribution in [0.4, 0.5) is 5.69 Å². The number of rotatable bonds is 11. The van der Waals surface area contributed by atoms with Gasteiger partial charge in [-0.1, -0.05) is 29.8 Å². The molecule has 212 valence electrons. The van der Waals surface area contributed by atoms with Crippen LogP contribution in [0.5, 0.6) is 0 Å². The molecule has 1 aromatic heterocycles. The third-order valence-corrected chi connectivity index (χ3v) is 9.74. The number of aromatic nitrogens is 1. The first-order valence-corrected chi connectivity index (χ1v) is 15.8. The quantitative estimate of drug-likeness (QED) is 0.166. The molecule has 3 aromatic rings. The Bertz CT molecular complexity index is 1390. The average Bonchev–Trinajstić information content (AvgIpc) is 3.58. The van der Waals surface area contributed by atoms with E-state index in [0.717, 1.165) is 99.0 Å². The molecule has 0 spiro atoms. The van der Waals surface area contributed by atoms with E-state index in [1.165, 1.54) is 12.8 Å². The molecule has 5 rings (SSSR count). The number of anilines is 1. The first-order chi connectivity index (χ1) is 19.3. The molecule has 0 bridgehead atoms. The van der Waals surface area contributed by atoms with Gasteiger partial charge >= 0.3 is 0 Å². The third-order valence-electron chi connectivity index (χ3n) is 8.33. The summed E-state index contributed by atoms with van der Waals surface area (Å²) in [5, 5.41) is 4.39. The molecule has 7 heteroatoms. The van der Waals surface area contributed by atoms with Crippen molar-refractivity contribution in [1.29, 1.82) is 0 Å². The molecule has 40 heavy (non-hydrogen) atoms. The summed E-state index contributed by atoms with van der Waals surface area (Å²) in [5.74, 6) is 1.89. The lowest BCUT2D eigenvalue weighted by molar-refractivity contribution is -0.131. The number of H-pyrrole nitrogens is 1. The van der Waals surface area contributed by atoms with Crippen LogP contribution < -0.4 is 11.1 Å². The van der Waals surface area contributed by atoms with Crippen LogP contribution in [0.2, 0.25) is 5.02 Å². The van der Waals surface area contributed by atoms with Gasteiger partial charge < -0.3 is 20.9 Å². The van der Waals surface area contributed by atoms with Crippen molar-refractivity contribution in [3.05, 3.63) is 81.1 Å². The minimum atomic E-state index is 0.237. The number of hydrogen-bond acceptors (Lipinski definition) is 4. The van der Waals surface area contributed by atoms with Crippen LogP contribution in [0.15, 0.2) is 47.4 Å². The second kappa shape index (κ2) is 12.9. The van der Waals surface area contributed by atoms with E-state index in [1.54, 1.807) is 11.8 Å². The van der Waals surface area contributed by atoms with Crippen molar-refractivity contribution in [2.75, 3.05) is 25.4 Å². The van der Waals surface area contributed by atoms with Gasteiger partial charge in [0.15, 0.2) is 0 Å². The Morgan fingerprint density at radius 1 is 1.18 bits per heavy atom. The van der Waals surface area contributed by atoms with Crippen LogP contribution in [0.3, 0.4) is 0 Å². The lowest BCUT2D eigenvalue weighted by atomic mass is 10.0. The van der Waals surface area contributed by atoms with Crippen molar-refractivity contribution in [2.24, 2.45) is 5.92 Å². The Kier molecular flexibility index (Phi) is 9.29. The number of aryl methyl sites for hydroxylation is 1. The van der Waals surface area contributed by atoms with Gasteiger partial charge in [0.1, 0.15) is 0 Å². The number of benzene rings is 2. The van der Waals surface area contributed by atoms with Gasteiger partial charge in [-0.15, -0.1) is 11.8 Å². The van der Waals surface area contributed by atoms with Gasteiger partial charge in [-0.3, -0.25) is 4.79 Å². The Balaban J connectivity index is 1.27. The molecule has 1 atom stereocenters. The van der Waals surface area contributed by atoms with Gasteiger partial charge in [0.25, 0.3) is 0 Å². The summed E-state index contributed by atoms with van der Waals surface area (Å²) in [4.78, 5) is 20.2. The standard InChI is InChI=1S/C33H41ClN4OS/c1-21(28-16-27(12-13-31(28)35)40-20-25-7-4-5-9-30(25)34)15-32-22(2)29(23(3)37-32)17-33(39)38-14-6-8-26(38)19-36-18-24-10-11-24/h4-5,7,9,12-13,15-16,24,26,36-37H,6,8,10-11,14,17-20,35H2,1-3H3/b21-15+. The predicted molar refractivity (Wildman–Crippen MR) is 170 cm³/mol. The van der Waals surface area contributed by atoms with E-state index in [0.29, 0.717) is 12.5 Å². The Hall–Kier alpha value is -2.67. The fraction of sp³-hybridized carbons (Fsp3) is 0.424. The van der Waals surface area contributed by atoms with Crippen LogP contribution in [-0.2, 0) is 17.0 Å². The zero-order chi connectivity index (χ0) is 28.2. The van der Waals surface area contributed by atoms with E-state index in [1.807, 2.05) is 24.3 Å². The number of carbonyl (C=O) groups excluding carboxylic acids is 1. The lowest BCUT2D eigenvalue weighted by Gasteiger charge is -2.25. The highest BCUT2D eigenvalue weighted by Crippen LogP contribution is 2.33. The van der Waals surface area contributed by atoms with E-state index in [4.69, 9.17) is 17.3 Å². The molecule has 2 aromatic carbocycles. The highest BCUT2D eigenvalue weighted by atomic mass is 35.5. The summed E-state index contributed by atoms with van der Waals surface area (Å²) in [6.07, 6.45) is 7.49. The molecule has 1 aliphatic carbocycles. The number of carbonyl (C=O) groups is 1. The molecule has 1 saturated heterocycles. The zero-order valence-electron chi connectivity index (χ0n) is 23.9. The lowest BCUT2D eigenvalue weighted by Crippen LogP contribution is -2.42. The van der Waals surface area contributed by atoms with E-state index in [9.17, 15) is 4.79 Å². The number of halogens is 1. The molecule has 1 aliphatic heterocycles. The third kappa shape index (κ3) is 6.96. The molecular weight excluding hydrogens is 536 g/mol. The minimum Gasteiger partial charge on any atom is -0.398 e. The number of aromatic amines is 1. The van der Waals surface area contributed by atoms with Gasteiger partial charge in [0, 0.05) is 57.4 Å². The smallest absolute Gasteiger partial charge is 0.227 e. The van der Waals surface area contributed by atoms with Gasteiger partial charge in [-0.2, -0.15) is 0 Å². The molecule has 1 unspecified atom stereocenters. The summed E-state index contributed by atoms with van der Waals surface area (Å²) in [5.41, 5.74) is 14.7. The zero-order valence-corrected chi connectivity index (χ0v) is 25.4. The van der Waals surface area contributed by atoms with Crippen LogP contribution in [0.1, 0.15) is 66.2 Å². The maximum absolute atomic E-state index is 13.4. The van der Waals surface area contributed by atoms with Crippen molar-refractivity contribution in [2.45, 2.75) is 69.6 Å². The van der Waals surface area contributed by atoms with Crippen molar-refractivity contribution < 1.29 is 4.79 Å². The van der Waals surface area contributed by atoms with Gasteiger partial charge in [0.2, 0.25) is 5.91 Å². The molecule has 2 fully saturated rings. The van der Waals surface area contributed by atoms with Crippen LogP contribution in [-0.4, -0.2) is 41.5 Å². The van der Waals surface area contributed by atoms with Crippen LogP contribution >= 0.6 is 23.4 Å². The van der Waals surface area contributed by atoms with E-state index < -0.39 is 0 Å². The number of nitrogens with one attached hydrogen (secondary N) is 2. The number of nitrogen functional groups attached to an aromatic ring is 1. The van der Waals surface area contributed by atoms with Gasteiger partial charge in [-0.25, -0.2) is 0 Å². The number of allylic oxidation sites excluding steroid dienone is 1. The van der Waals surface area contributed by atoms with Crippen LogP contribution in [0.25, 0.3) is 11.6 Å². The molecule has 0 radical (unpaired) electrons. The summed E-state index contributed by atoms with van der Waals surface area (Å²) >= 11 is 8.10. The highest BCUT2D eigenvalue weighted by Gasteiger charge is 2.30. The molecule has 1 amide bonds. The van der Waals surface area contributed by atoms with Gasteiger partial charge in [0.05, 0.1) is 6.42 Å². The molecule has 4 N–H and O–H groups in total. The van der Waals surface area contributed by atoms with E-state index in [-0.39, 0.29) is 5.91 Å². The van der Waals surface area contributed by atoms with E-state index >= 15 is 0 Å². The van der Waals surface area contributed by atoms with Crippen molar-refractivity contribution >= 4 is 46.6 Å². The van der Waals surface area contributed by atoms with Crippen molar-refractivity contribution in [3.63, 3.8) is 0 Å².